The third kappa shape index (κ3) is 0.480. The van der Waals surface area contributed by atoms with E-state index in [1.54, 1.807) is 0 Å². The van der Waals surface area contributed by atoms with Crippen LogP contribution in [-0.4, -0.2) is 37.4 Å². The van der Waals surface area contributed by atoms with Crippen molar-refractivity contribution >= 4 is 11.9 Å². The summed E-state index contributed by atoms with van der Waals surface area (Å²) in [7, 11) is 2.71. The molecule has 2 bridgehead atoms. The lowest BCUT2D eigenvalue weighted by Gasteiger charge is -2.29. The van der Waals surface area contributed by atoms with Crippen LogP contribution in [-0.2, 0) is 23.8 Å². The zero-order valence-electron chi connectivity index (χ0n) is 10.2. The number of esters is 2. The zero-order chi connectivity index (χ0) is 12.4. The van der Waals surface area contributed by atoms with Crippen LogP contribution in [0.3, 0.4) is 0 Å². The van der Waals surface area contributed by atoms with Crippen molar-refractivity contribution in [2.75, 3.05) is 14.2 Å². The molecule has 5 nitrogen and oxygen atoms in total. The summed E-state index contributed by atoms with van der Waals surface area (Å²) in [5.41, 5.74) is -2.59. The van der Waals surface area contributed by atoms with Crippen LogP contribution in [0.1, 0.15) is 13.8 Å². The monoisotopic (exact) mass is 238 g/mol. The van der Waals surface area contributed by atoms with E-state index >= 15 is 0 Å². The largest absolute Gasteiger partial charge is 0.468 e. The van der Waals surface area contributed by atoms with Gasteiger partial charge in [-0.1, -0.05) is 0 Å². The van der Waals surface area contributed by atoms with Gasteiger partial charge >= 0.3 is 11.9 Å². The summed E-state index contributed by atoms with van der Waals surface area (Å²) < 4.78 is 15.8. The first-order chi connectivity index (χ1) is 7.91. The van der Waals surface area contributed by atoms with Gasteiger partial charge in [0.2, 0.25) is 0 Å². The molecule has 3 saturated carbocycles. The average molecular weight is 238 g/mol. The summed E-state index contributed by atoms with van der Waals surface area (Å²) in [5, 5.41) is 0. The molecule has 6 atom stereocenters. The van der Waals surface area contributed by atoms with Crippen molar-refractivity contribution in [3.63, 3.8) is 0 Å². The molecule has 5 aliphatic rings. The van der Waals surface area contributed by atoms with E-state index in [-0.39, 0.29) is 23.8 Å². The van der Waals surface area contributed by atoms with Gasteiger partial charge in [-0.3, -0.25) is 9.59 Å². The second kappa shape index (κ2) is 2.00. The van der Waals surface area contributed by atoms with Gasteiger partial charge in [0.1, 0.15) is 10.8 Å². The number of rotatable bonds is 2. The maximum absolute atomic E-state index is 12.1. The fraction of sp³-hybridized carbons (Fsp3) is 0.833. The first kappa shape index (κ1) is 9.88. The Balaban J connectivity index is 1.90. The first-order valence-electron chi connectivity index (χ1n) is 5.78. The van der Waals surface area contributed by atoms with Crippen LogP contribution in [0.5, 0.6) is 0 Å². The molecule has 2 heterocycles. The van der Waals surface area contributed by atoms with Gasteiger partial charge in [-0.2, -0.15) is 0 Å². The van der Waals surface area contributed by atoms with Gasteiger partial charge in [-0.05, 0) is 13.8 Å². The minimum atomic E-state index is -0.777. The van der Waals surface area contributed by atoms with Crippen molar-refractivity contribution in [3.8, 4) is 0 Å². The van der Waals surface area contributed by atoms with Crippen LogP contribution in [0, 0.1) is 22.7 Å². The molecular formula is C12H14O5. The smallest absolute Gasteiger partial charge is 0.316 e. The van der Waals surface area contributed by atoms with Crippen LogP contribution < -0.4 is 0 Å². The first-order valence-corrected chi connectivity index (χ1v) is 5.78. The maximum Gasteiger partial charge on any atom is 0.316 e. The van der Waals surface area contributed by atoms with E-state index < -0.39 is 22.0 Å². The SMILES string of the molecule is COC(=O)[C@]12C3C4[C@@]1(C(=O)OC)[C@@]4(C)O[C@]32C. The maximum atomic E-state index is 12.1. The Morgan fingerprint density at radius 3 is 1.53 bits per heavy atom. The lowest BCUT2D eigenvalue weighted by atomic mass is 9.71. The normalized spacial score (nSPS) is 63.3. The van der Waals surface area contributed by atoms with Gasteiger partial charge in [-0.15, -0.1) is 0 Å². The number of carbonyl (C=O) groups excluding carboxylic acids is 2. The van der Waals surface area contributed by atoms with Gasteiger partial charge < -0.3 is 14.2 Å². The topological polar surface area (TPSA) is 61.8 Å². The fourth-order valence-electron chi connectivity index (χ4n) is 5.60. The fourth-order valence-corrected chi connectivity index (χ4v) is 5.60. The second-order valence-electron chi connectivity index (χ2n) is 5.87. The predicted molar refractivity (Wildman–Crippen MR) is 53.8 cm³/mol. The van der Waals surface area contributed by atoms with Crippen LogP contribution in [0.2, 0.25) is 0 Å². The molecule has 92 valence electrons. The molecule has 0 amide bonds. The van der Waals surface area contributed by atoms with Crippen molar-refractivity contribution in [1.82, 2.24) is 0 Å². The summed E-state index contributed by atoms with van der Waals surface area (Å²) in [5.74, 6) is -0.390. The summed E-state index contributed by atoms with van der Waals surface area (Å²) in [6.07, 6.45) is 0. The number of ether oxygens (including phenoxy) is 3. The van der Waals surface area contributed by atoms with Crippen molar-refractivity contribution in [1.29, 1.82) is 0 Å². The minimum absolute atomic E-state index is 0.131. The molecule has 17 heavy (non-hydrogen) atoms. The van der Waals surface area contributed by atoms with Gasteiger partial charge in [0.25, 0.3) is 0 Å². The van der Waals surface area contributed by atoms with Gasteiger partial charge in [0.05, 0.1) is 25.4 Å². The highest BCUT2D eigenvalue weighted by molar-refractivity contribution is 6.04. The molecule has 5 fully saturated rings. The van der Waals surface area contributed by atoms with E-state index in [0.29, 0.717) is 0 Å². The molecule has 5 rings (SSSR count). The van der Waals surface area contributed by atoms with E-state index in [1.165, 1.54) is 14.2 Å². The third-order valence-corrected chi connectivity index (χ3v) is 5.91. The molecular weight excluding hydrogens is 224 g/mol. The Kier molecular flexibility index (Phi) is 1.17. The molecule has 0 radical (unpaired) electrons. The summed E-state index contributed by atoms with van der Waals surface area (Å²) in [6.45, 7) is 3.81. The number of methoxy groups -OCH3 is 2. The minimum Gasteiger partial charge on any atom is -0.468 e. The van der Waals surface area contributed by atoms with Gasteiger partial charge in [0.15, 0.2) is 0 Å². The Morgan fingerprint density at radius 2 is 1.29 bits per heavy atom. The van der Waals surface area contributed by atoms with E-state index in [9.17, 15) is 9.59 Å². The predicted octanol–water partition coefficient (Wildman–Crippen LogP) is 0.126. The Hall–Kier alpha value is -1.10. The van der Waals surface area contributed by atoms with E-state index in [4.69, 9.17) is 14.2 Å². The highest BCUT2D eigenvalue weighted by Crippen LogP contribution is 3.07. The van der Waals surface area contributed by atoms with Crippen LogP contribution in [0.25, 0.3) is 0 Å². The Morgan fingerprint density at radius 1 is 0.941 bits per heavy atom. The second-order valence-corrected chi connectivity index (χ2v) is 5.87. The van der Waals surface area contributed by atoms with E-state index in [1.807, 2.05) is 13.8 Å². The molecule has 0 N–H and O–H groups in total. The number of hydrogen-bond acceptors (Lipinski definition) is 5. The quantitative estimate of drug-likeness (QED) is 0.640. The Bertz CT molecular complexity index is 457. The van der Waals surface area contributed by atoms with Crippen molar-refractivity contribution in [3.05, 3.63) is 0 Å². The van der Waals surface area contributed by atoms with E-state index in [2.05, 4.69) is 0 Å². The third-order valence-electron chi connectivity index (χ3n) is 5.91. The molecule has 0 aromatic heterocycles. The highest BCUT2D eigenvalue weighted by Gasteiger charge is 3.20. The molecule has 2 saturated heterocycles. The summed E-state index contributed by atoms with van der Waals surface area (Å²) in [4.78, 5) is 24.2. The molecule has 3 aliphatic carbocycles. The molecule has 0 aromatic carbocycles. The average Bonchev–Trinajstić information content (AvgIpc) is 2.79. The van der Waals surface area contributed by atoms with Crippen LogP contribution >= 0.6 is 0 Å². The summed E-state index contributed by atoms with van der Waals surface area (Å²) >= 11 is 0. The van der Waals surface area contributed by atoms with E-state index in [0.717, 1.165) is 0 Å². The molecule has 5 heteroatoms. The van der Waals surface area contributed by atoms with Gasteiger partial charge in [-0.25, -0.2) is 0 Å². The highest BCUT2D eigenvalue weighted by atomic mass is 16.6. The molecule has 0 aromatic rings. The van der Waals surface area contributed by atoms with Crippen LogP contribution in [0.15, 0.2) is 0 Å². The number of carbonyl (C=O) groups is 2. The zero-order valence-corrected chi connectivity index (χ0v) is 10.2. The molecule has 0 spiro atoms. The lowest BCUT2D eigenvalue weighted by molar-refractivity contribution is -0.169. The van der Waals surface area contributed by atoms with Crippen molar-refractivity contribution < 1.29 is 23.8 Å². The molecule has 2 aliphatic heterocycles. The van der Waals surface area contributed by atoms with Crippen molar-refractivity contribution in [2.24, 2.45) is 22.7 Å². The number of hydrogen-bond donors (Lipinski definition) is 0. The van der Waals surface area contributed by atoms with Gasteiger partial charge in [0, 0.05) is 11.8 Å². The lowest BCUT2D eigenvalue weighted by Crippen LogP contribution is -2.46. The van der Waals surface area contributed by atoms with Crippen LogP contribution in [0.4, 0.5) is 0 Å². The summed E-state index contributed by atoms with van der Waals surface area (Å²) in [6, 6.07) is 0. The standard InChI is InChI=1S/C12H14O5/c1-9-5-6-10(2,17-9)12(6,8(14)16-4)11(5,9)7(13)15-3/h5-6H,1-4H3/t5?,6?,9-,10+,11+,12-. The Labute approximate surface area is 98.4 Å². The molecule has 2 unspecified atom stereocenters. The van der Waals surface area contributed by atoms with Crippen molar-refractivity contribution in [2.45, 2.75) is 25.0 Å².